The van der Waals surface area contributed by atoms with Crippen LogP contribution >= 0.6 is 0 Å². The first kappa shape index (κ1) is 31.5. The number of carbonyl (C=O) groups is 4. The zero-order valence-electron chi connectivity index (χ0n) is 22.2. The van der Waals surface area contributed by atoms with Gasteiger partial charge >= 0.3 is 18.2 Å². The van der Waals surface area contributed by atoms with Crippen molar-refractivity contribution in [3.63, 3.8) is 0 Å². The average Bonchev–Trinajstić information content (AvgIpc) is 2.68. The van der Waals surface area contributed by atoms with Gasteiger partial charge in [-0.15, -0.1) is 0 Å². The molecule has 3 N–H and O–H groups in total. The predicted molar refractivity (Wildman–Crippen MR) is 129 cm³/mol. The lowest BCUT2D eigenvalue weighted by molar-refractivity contribution is -0.145. The van der Waals surface area contributed by atoms with Crippen LogP contribution in [-0.4, -0.2) is 61.5 Å². The van der Waals surface area contributed by atoms with Gasteiger partial charge in [0.1, 0.15) is 17.2 Å². The summed E-state index contributed by atoms with van der Waals surface area (Å²) in [5.41, 5.74) is -1.25. The lowest BCUT2D eigenvalue weighted by atomic mass is 10.0. The van der Waals surface area contributed by atoms with Crippen molar-refractivity contribution in [2.45, 2.75) is 104 Å². The zero-order chi connectivity index (χ0) is 26.4. The number of nitrogens with one attached hydrogen (secondary N) is 3. The van der Waals surface area contributed by atoms with Gasteiger partial charge < -0.3 is 30.2 Å². The van der Waals surface area contributed by atoms with Crippen LogP contribution in [0.2, 0.25) is 0 Å². The van der Waals surface area contributed by atoms with Crippen LogP contribution < -0.4 is 16.0 Å². The normalized spacial score (nSPS) is 13.3. The van der Waals surface area contributed by atoms with E-state index < -0.39 is 29.4 Å². The molecule has 10 nitrogen and oxygen atoms in total. The third kappa shape index (κ3) is 17.0. The van der Waals surface area contributed by atoms with Crippen molar-refractivity contribution in [2.24, 2.45) is 5.92 Å². The second kappa shape index (κ2) is 15.4. The van der Waals surface area contributed by atoms with Crippen molar-refractivity contribution in [1.82, 2.24) is 16.0 Å². The molecular formula is C24H45N3O7. The Kier molecular flexibility index (Phi) is 14.3. The van der Waals surface area contributed by atoms with E-state index in [2.05, 4.69) is 16.0 Å². The second-order valence-electron chi connectivity index (χ2n) is 10.3. The molecule has 0 aliphatic rings. The highest BCUT2D eigenvalue weighted by Crippen LogP contribution is 2.11. The first-order chi connectivity index (χ1) is 15.6. The SMILES string of the molecule is COC(=O)[C@@H](C)CCCCNC(=O)[C@H](CCCCNC(=O)OC(C)(C)C)NC(=O)OC(C)(C)C. The Morgan fingerprint density at radius 3 is 1.76 bits per heavy atom. The number of rotatable bonds is 13. The highest BCUT2D eigenvalue weighted by atomic mass is 16.6. The molecular weight excluding hydrogens is 442 g/mol. The van der Waals surface area contributed by atoms with Crippen LogP contribution in [-0.2, 0) is 23.8 Å². The molecule has 34 heavy (non-hydrogen) atoms. The van der Waals surface area contributed by atoms with E-state index >= 15 is 0 Å². The van der Waals surface area contributed by atoms with Gasteiger partial charge in [-0.05, 0) is 73.6 Å². The molecule has 0 aromatic heterocycles. The van der Waals surface area contributed by atoms with E-state index in [1.54, 1.807) is 41.5 Å². The largest absolute Gasteiger partial charge is 0.469 e. The fourth-order valence-electron chi connectivity index (χ4n) is 2.93. The minimum absolute atomic E-state index is 0.184. The van der Waals surface area contributed by atoms with Gasteiger partial charge in [-0.3, -0.25) is 9.59 Å². The average molecular weight is 488 g/mol. The first-order valence-corrected chi connectivity index (χ1v) is 12.0. The van der Waals surface area contributed by atoms with Gasteiger partial charge in [-0.1, -0.05) is 13.3 Å². The molecule has 0 heterocycles. The van der Waals surface area contributed by atoms with Crippen molar-refractivity contribution in [2.75, 3.05) is 20.2 Å². The van der Waals surface area contributed by atoms with E-state index in [0.717, 1.165) is 6.42 Å². The molecule has 0 aliphatic heterocycles. The quantitative estimate of drug-likeness (QED) is 0.205. The molecule has 0 aromatic carbocycles. The van der Waals surface area contributed by atoms with Crippen LogP contribution in [0.5, 0.6) is 0 Å². The lowest BCUT2D eigenvalue weighted by Crippen LogP contribution is -2.48. The van der Waals surface area contributed by atoms with Crippen LogP contribution in [0.3, 0.4) is 0 Å². The van der Waals surface area contributed by atoms with E-state index in [9.17, 15) is 19.2 Å². The number of hydrogen-bond acceptors (Lipinski definition) is 7. The van der Waals surface area contributed by atoms with Crippen molar-refractivity contribution >= 4 is 24.1 Å². The maximum absolute atomic E-state index is 12.7. The van der Waals surface area contributed by atoms with Crippen LogP contribution in [0.4, 0.5) is 9.59 Å². The predicted octanol–water partition coefficient (Wildman–Crippen LogP) is 3.67. The third-order valence-electron chi connectivity index (χ3n) is 4.56. The van der Waals surface area contributed by atoms with E-state index in [1.165, 1.54) is 7.11 Å². The van der Waals surface area contributed by atoms with E-state index in [-0.39, 0.29) is 17.8 Å². The summed E-state index contributed by atoms with van der Waals surface area (Å²) in [5.74, 6) is -0.727. The molecule has 0 unspecified atom stereocenters. The molecule has 0 aromatic rings. The fraction of sp³-hybridized carbons (Fsp3) is 0.833. The first-order valence-electron chi connectivity index (χ1n) is 12.0. The summed E-state index contributed by atoms with van der Waals surface area (Å²) in [6, 6.07) is -0.759. The van der Waals surface area contributed by atoms with Crippen LogP contribution in [0, 0.1) is 5.92 Å². The molecule has 10 heteroatoms. The number of carbonyl (C=O) groups excluding carboxylic acids is 4. The third-order valence-corrected chi connectivity index (χ3v) is 4.56. The summed E-state index contributed by atoms with van der Waals surface area (Å²) in [6.45, 7) is 13.3. The van der Waals surface area contributed by atoms with Gasteiger partial charge in [0.05, 0.1) is 13.0 Å². The van der Waals surface area contributed by atoms with Gasteiger partial charge in [0, 0.05) is 13.1 Å². The molecule has 2 atom stereocenters. The van der Waals surface area contributed by atoms with Crippen molar-refractivity contribution in [3.8, 4) is 0 Å². The van der Waals surface area contributed by atoms with Crippen LogP contribution in [0.1, 0.15) is 87.0 Å². The number of esters is 1. The smallest absolute Gasteiger partial charge is 0.408 e. The monoisotopic (exact) mass is 487 g/mol. The molecule has 0 saturated heterocycles. The molecule has 0 saturated carbocycles. The van der Waals surface area contributed by atoms with Gasteiger partial charge in [-0.2, -0.15) is 0 Å². The van der Waals surface area contributed by atoms with Gasteiger partial charge in [-0.25, -0.2) is 9.59 Å². The number of ether oxygens (including phenoxy) is 3. The summed E-state index contributed by atoms with van der Waals surface area (Å²) in [4.78, 5) is 48.0. The lowest BCUT2D eigenvalue weighted by Gasteiger charge is -2.23. The van der Waals surface area contributed by atoms with Gasteiger partial charge in [0.25, 0.3) is 0 Å². The Labute approximate surface area is 204 Å². The summed E-state index contributed by atoms with van der Waals surface area (Å²) in [6.07, 6.45) is 2.59. The highest BCUT2D eigenvalue weighted by Gasteiger charge is 2.24. The maximum atomic E-state index is 12.7. The van der Waals surface area contributed by atoms with E-state index in [1.807, 2.05) is 6.92 Å². The number of hydrogen-bond donors (Lipinski definition) is 3. The van der Waals surface area contributed by atoms with Crippen molar-refractivity contribution in [3.05, 3.63) is 0 Å². The number of alkyl carbamates (subject to hydrolysis) is 2. The van der Waals surface area contributed by atoms with Gasteiger partial charge in [0.15, 0.2) is 0 Å². The molecule has 0 aliphatic carbocycles. The minimum atomic E-state index is -0.759. The van der Waals surface area contributed by atoms with E-state index in [4.69, 9.17) is 14.2 Å². The molecule has 0 fully saturated rings. The maximum Gasteiger partial charge on any atom is 0.408 e. The molecule has 3 amide bonds. The Bertz CT molecular complexity index is 654. The van der Waals surface area contributed by atoms with Crippen LogP contribution in [0.25, 0.3) is 0 Å². The standard InChI is InChI=1S/C24H45N3O7/c1-17(20(29)32-8)13-9-11-15-25-19(28)18(27-22(31)34-24(5,6)7)14-10-12-16-26-21(30)33-23(2,3)4/h17-18H,9-16H2,1-8H3,(H,25,28)(H,26,30)(H,27,31)/t17-,18-/m0/s1. The van der Waals surface area contributed by atoms with Crippen molar-refractivity contribution < 1.29 is 33.4 Å². The Morgan fingerprint density at radius 1 is 0.735 bits per heavy atom. The zero-order valence-corrected chi connectivity index (χ0v) is 22.2. The minimum Gasteiger partial charge on any atom is -0.469 e. The van der Waals surface area contributed by atoms with Crippen LogP contribution in [0.15, 0.2) is 0 Å². The molecule has 0 bridgehead atoms. The summed E-state index contributed by atoms with van der Waals surface area (Å²) >= 11 is 0. The Balaban J connectivity index is 4.57. The number of amides is 3. The topological polar surface area (TPSA) is 132 Å². The molecule has 0 radical (unpaired) electrons. The molecule has 0 rings (SSSR count). The summed E-state index contributed by atoms with van der Waals surface area (Å²) < 4.78 is 15.2. The highest BCUT2D eigenvalue weighted by molar-refractivity contribution is 5.85. The summed E-state index contributed by atoms with van der Waals surface area (Å²) in [5, 5.41) is 8.15. The van der Waals surface area contributed by atoms with Crippen molar-refractivity contribution in [1.29, 1.82) is 0 Å². The molecule has 198 valence electrons. The number of methoxy groups -OCH3 is 1. The van der Waals surface area contributed by atoms with Gasteiger partial charge in [0.2, 0.25) is 5.91 Å². The Hall–Kier alpha value is -2.52. The van der Waals surface area contributed by atoms with E-state index in [0.29, 0.717) is 45.2 Å². The second-order valence-corrected chi connectivity index (χ2v) is 10.3. The molecule has 0 spiro atoms. The summed E-state index contributed by atoms with van der Waals surface area (Å²) in [7, 11) is 1.37. The fourth-order valence-corrected chi connectivity index (χ4v) is 2.93. The number of unbranched alkanes of at least 4 members (excludes halogenated alkanes) is 2. The Morgan fingerprint density at radius 2 is 1.24 bits per heavy atom.